The molecule has 0 saturated carbocycles. The molecule has 1 fully saturated rings. The van der Waals surface area contributed by atoms with Gasteiger partial charge in [-0.2, -0.15) is 4.98 Å². The number of benzene rings is 2. The molecule has 9 heteroatoms. The van der Waals surface area contributed by atoms with E-state index in [-0.39, 0.29) is 23.3 Å². The SMILES string of the molecule is Cc1ccc(NC(=O)N2CCC[C@@H]2c2nc(-c3ccc(F)cc3F)no2)c(Cl)c1. The number of hydrogen-bond acceptors (Lipinski definition) is 4. The number of halogens is 3. The maximum Gasteiger partial charge on any atom is 0.322 e. The van der Waals surface area contributed by atoms with Crippen molar-refractivity contribution in [1.29, 1.82) is 0 Å². The van der Waals surface area contributed by atoms with Crippen LogP contribution < -0.4 is 5.32 Å². The Hall–Kier alpha value is -3.00. The quantitative estimate of drug-likeness (QED) is 0.622. The molecule has 150 valence electrons. The number of aryl methyl sites for hydroxylation is 1. The van der Waals surface area contributed by atoms with Gasteiger partial charge in [-0.15, -0.1) is 0 Å². The van der Waals surface area contributed by atoms with Gasteiger partial charge in [-0.1, -0.05) is 22.8 Å². The zero-order valence-electron chi connectivity index (χ0n) is 15.5. The summed E-state index contributed by atoms with van der Waals surface area (Å²) < 4.78 is 32.4. The number of hydrogen-bond donors (Lipinski definition) is 1. The lowest BCUT2D eigenvalue weighted by atomic mass is 10.2. The van der Waals surface area contributed by atoms with Gasteiger partial charge in [-0.3, -0.25) is 0 Å². The Balaban J connectivity index is 1.54. The Morgan fingerprint density at radius 1 is 1.28 bits per heavy atom. The fourth-order valence-corrected chi connectivity index (χ4v) is 3.61. The molecule has 1 saturated heterocycles. The molecule has 3 aromatic rings. The Morgan fingerprint density at radius 2 is 2.10 bits per heavy atom. The van der Waals surface area contributed by atoms with Gasteiger partial charge in [0.15, 0.2) is 0 Å². The molecule has 0 spiro atoms. The third kappa shape index (κ3) is 3.93. The largest absolute Gasteiger partial charge is 0.337 e. The highest BCUT2D eigenvalue weighted by molar-refractivity contribution is 6.33. The molecule has 1 aliphatic rings. The highest BCUT2D eigenvalue weighted by Crippen LogP contribution is 2.33. The summed E-state index contributed by atoms with van der Waals surface area (Å²) in [6, 6.07) is 7.70. The van der Waals surface area contributed by atoms with Gasteiger partial charge in [-0.05, 0) is 49.6 Å². The first kappa shape index (κ1) is 19.3. The molecular formula is C20H17ClF2N4O2. The van der Waals surface area contributed by atoms with Crippen molar-refractivity contribution in [1.82, 2.24) is 15.0 Å². The van der Waals surface area contributed by atoms with Crippen LogP contribution in [0.25, 0.3) is 11.4 Å². The van der Waals surface area contributed by atoms with Gasteiger partial charge in [-0.25, -0.2) is 13.6 Å². The van der Waals surface area contributed by atoms with E-state index in [1.807, 2.05) is 13.0 Å². The molecule has 6 nitrogen and oxygen atoms in total. The molecule has 4 rings (SSSR count). The van der Waals surface area contributed by atoms with Gasteiger partial charge in [0, 0.05) is 12.6 Å². The van der Waals surface area contributed by atoms with E-state index in [1.165, 1.54) is 6.07 Å². The fourth-order valence-electron chi connectivity index (χ4n) is 3.33. The lowest BCUT2D eigenvalue weighted by Gasteiger charge is -2.22. The van der Waals surface area contributed by atoms with Gasteiger partial charge in [0.2, 0.25) is 11.7 Å². The van der Waals surface area contributed by atoms with E-state index in [4.69, 9.17) is 16.1 Å². The summed E-state index contributed by atoms with van der Waals surface area (Å²) in [5, 5.41) is 7.04. The van der Waals surface area contributed by atoms with Crippen molar-refractivity contribution in [2.24, 2.45) is 0 Å². The summed E-state index contributed by atoms with van der Waals surface area (Å²) in [6.45, 7) is 2.41. The van der Waals surface area contributed by atoms with Crippen LogP contribution in [-0.2, 0) is 0 Å². The molecule has 1 N–H and O–H groups in total. The minimum Gasteiger partial charge on any atom is -0.337 e. The molecule has 2 heterocycles. The van der Waals surface area contributed by atoms with Crippen LogP contribution in [0.1, 0.15) is 30.3 Å². The topological polar surface area (TPSA) is 71.3 Å². The Labute approximate surface area is 170 Å². The average molecular weight is 419 g/mol. The Morgan fingerprint density at radius 3 is 2.86 bits per heavy atom. The first-order valence-corrected chi connectivity index (χ1v) is 9.43. The Bertz CT molecular complexity index is 1070. The van der Waals surface area contributed by atoms with Gasteiger partial charge < -0.3 is 14.7 Å². The second-order valence-electron chi connectivity index (χ2n) is 6.85. The monoisotopic (exact) mass is 418 g/mol. The van der Waals surface area contributed by atoms with E-state index in [0.717, 1.165) is 24.1 Å². The number of carbonyl (C=O) groups is 1. The van der Waals surface area contributed by atoms with Crippen LogP contribution in [0.3, 0.4) is 0 Å². The van der Waals surface area contributed by atoms with Crippen LogP contribution in [-0.4, -0.2) is 27.6 Å². The van der Waals surface area contributed by atoms with Crippen LogP contribution in [0.4, 0.5) is 19.3 Å². The van der Waals surface area contributed by atoms with Gasteiger partial charge in [0.25, 0.3) is 0 Å². The average Bonchev–Trinajstić information content (AvgIpc) is 3.33. The lowest BCUT2D eigenvalue weighted by Crippen LogP contribution is -2.34. The smallest absolute Gasteiger partial charge is 0.322 e. The second-order valence-corrected chi connectivity index (χ2v) is 7.25. The third-order valence-electron chi connectivity index (χ3n) is 4.78. The van der Waals surface area contributed by atoms with Crippen molar-refractivity contribution >= 4 is 23.3 Å². The van der Waals surface area contributed by atoms with Gasteiger partial charge in [0.05, 0.1) is 16.3 Å². The number of anilines is 1. The highest BCUT2D eigenvalue weighted by atomic mass is 35.5. The van der Waals surface area contributed by atoms with Crippen LogP contribution in [0, 0.1) is 18.6 Å². The van der Waals surface area contributed by atoms with Gasteiger partial charge in [0.1, 0.15) is 17.7 Å². The van der Waals surface area contributed by atoms with Crippen molar-refractivity contribution in [3.63, 3.8) is 0 Å². The standard InChI is InChI=1S/C20H17ClF2N4O2/c1-11-4-7-16(14(21)9-11)24-20(28)27-8-2-3-17(27)19-25-18(26-29-19)13-6-5-12(22)10-15(13)23/h4-7,9-10,17H,2-3,8H2,1H3,(H,24,28)/t17-/m1/s1. The number of carbonyl (C=O) groups excluding carboxylic acids is 1. The minimum atomic E-state index is -0.785. The molecule has 2 amide bonds. The second kappa shape index (κ2) is 7.79. The van der Waals surface area contributed by atoms with Crippen molar-refractivity contribution in [2.75, 3.05) is 11.9 Å². The fraction of sp³-hybridized carbons (Fsp3) is 0.250. The van der Waals surface area contributed by atoms with Crippen molar-refractivity contribution in [3.8, 4) is 11.4 Å². The van der Waals surface area contributed by atoms with E-state index in [2.05, 4.69) is 15.5 Å². The van der Waals surface area contributed by atoms with Crippen LogP contribution in [0.5, 0.6) is 0 Å². The highest BCUT2D eigenvalue weighted by Gasteiger charge is 2.34. The molecule has 1 atom stereocenters. The summed E-state index contributed by atoms with van der Waals surface area (Å²) in [4.78, 5) is 18.6. The summed E-state index contributed by atoms with van der Waals surface area (Å²) in [6.07, 6.45) is 1.38. The first-order chi connectivity index (χ1) is 13.9. The zero-order chi connectivity index (χ0) is 20.5. The Kier molecular flexibility index (Phi) is 5.19. The van der Waals surface area contributed by atoms with Crippen LogP contribution in [0.2, 0.25) is 5.02 Å². The van der Waals surface area contributed by atoms with E-state index in [1.54, 1.807) is 17.0 Å². The van der Waals surface area contributed by atoms with Crippen LogP contribution in [0.15, 0.2) is 40.9 Å². The molecule has 1 aliphatic heterocycles. The molecule has 0 bridgehead atoms. The molecule has 0 unspecified atom stereocenters. The van der Waals surface area contributed by atoms with Crippen LogP contribution >= 0.6 is 11.6 Å². The van der Waals surface area contributed by atoms with Crippen molar-refractivity contribution < 1.29 is 18.1 Å². The van der Waals surface area contributed by atoms with Crippen molar-refractivity contribution in [3.05, 3.63) is 64.5 Å². The number of rotatable bonds is 3. The number of likely N-dealkylation sites (tertiary alicyclic amines) is 1. The molecule has 2 aromatic carbocycles. The van der Waals surface area contributed by atoms with E-state index < -0.39 is 17.7 Å². The van der Waals surface area contributed by atoms with E-state index in [0.29, 0.717) is 23.7 Å². The van der Waals surface area contributed by atoms with Gasteiger partial charge >= 0.3 is 6.03 Å². The first-order valence-electron chi connectivity index (χ1n) is 9.05. The number of nitrogens with one attached hydrogen (secondary N) is 1. The zero-order valence-corrected chi connectivity index (χ0v) is 16.2. The molecule has 0 radical (unpaired) electrons. The minimum absolute atomic E-state index is 0.00587. The number of nitrogens with zero attached hydrogens (tertiary/aromatic N) is 3. The van der Waals surface area contributed by atoms with Crippen molar-refractivity contribution in [2.45, 2.75) is 25.8 Å². The normalized spacial score (nSPS) is 16.3. The summed E-state index contributed by atoms with van der Waals surface area (Å²) in [5.41, 5.74) is 1.52. The maximum absolute atomic E-state index is 14.0. The van der Waals surface area contributed by atoms with E-state index >= 15 is 0 Å². The predicted octanol–water partition coefficient (Wildman–Crippen LogP) is 5.35. The third-order valence-corrected chi connectivity index (χ3v) is 5.09. The molecule has 29 heavy (non-hydrogen) atoms. The van der Waals surface area contributed by atoms with E-state index in [9.17, 15) is 13.6 Å². The summed E-state index contributed by atoms with van der Waals surface area (Å²) >= 11 is 6.19. The molecular weight excluding hydrogens is 402 g/mol. The maximum atomic E-state index is 14.0. The molecule has 0 aliphatic carbocycles. The predicted molar refractivity (Wildman–Crippen MR) is 104 cm³/mol. The number of urea groups is 1. The number of amides is 2. The number of aromatic nitrogens is 2. The summed E-state index contributed by atoms with van der Waals surface area (Å²) in [7, 11) is 0. The lowest BCUT2D eigenvalue weighted by molar-refractivity contribution is 0.193. The molecule has 1 aromatic heterocycles. The summed E-state index contributed by atoms with van der Waals surface area (Å²) in [5.74, 6) is -1.27.